The molecular weight excluding hydrogens is 461 g/mol. The number of ether oxygens (including phenoxy) is 3. The second-order valence-electron chi connectivity index (χ2n) is 9.45. The molecule has 1 saturated carbocycles. The van der Waals surface area contributed by atoms with Gasteiger partial charge in [0.1, 0.15) is 5.60 Å². The van der Waals surface area contributed by atoms with Gasteiger partial charge in [-0.15, -0.1) is 0 Å². The molecule has 1 aliphatic carbocycles. The molecule has 0 amide bonds. The number of rotatable bonds is 5. The highest BCUT2D eigenvalue weighted by Crippen LogP contribution is 2.55. The number of alkyl halides is 1. The summed E-state index contributed by atoms with van der Waals surface area (Å²) in [5.41, 5.74) is -1.07. The first-order chi connectivity index (χ1) is 12.4. The van der Waals surface area contributed by atoms with Crippen LogP contribution in [0.4, 0.5) is 0 Å². The minimum absolute atomic E-state index is 0.0102. The normalized spacial score (nSPS) is 48.0. The van der Waals surface area contributed by atoms with Crippen LogP contribution in [0.1, 0.15) is 60.3 Å². The van der Waals surface area contributed by atoms with Crippen LogP contribution in [0.25, 0.3) is 0 Å². The second kappa shape index (κ2) is 7.96. The number of halogens is 1. The van der Waals surface area contributed by atoms with Crippen LogP contribution in [-0.2, 0) is 14.2 Å². The zero-order valence-electron chi connectivity index (χ0n) is 17.2. The molecule has 3 N–H and O–H groups in total. The second-order valence-corrected chi connectivity index (χ2v) is 12.1. The van der Waals surface area contributed by atoms with Crippen LogP contribution in [-0.4, -0.2) is 50.9 Å². The molecule has 27 heavy (non-hydrogen) atoms. The minimum Gasteiger partial charge on any atom is -0.384 e. The Labute approximate surface area is 176 Å². The lowest BCUT2D eigenvalue weighted by Gasteiger charge is -2.57. The van der Waals surface area contributed by atoms with Gasteiger partial charge in [0.15, 0.2) is 18.4 Å². The van der Waals surface area contributed by atoms with Crippen molar-refractivity contribution in [1.82, 2.24) is 5.32 Å². The fourth-order valence-electron chi connectivity index (χ4n) is 5.25. The quantitative estimate of drug-likeness (QED) is 0.235. The van der Waals surface area contributed by atoms with Crippen molar-refractivity contribution in [2.24, 2.45) is 23.7 Å². The Morgan fingerprint density at radius 1 is 1.19 bits per heavy atom. The average Bonchev–Trinajstić information content (AvgIpc) is 2.63. The van der Waals surface area contributed by atoms with Crippen LogP contribution in [0, 0.1) is 23.7 Å². The van der Waals surface area contributed by atoms with E-state index in [-0.39, 0.29) is 21.3 Å². The van der Waals surface area contributed by atoms with Crippen molar-refractivity contribution < 1.29 is 24.4 Å². The summed E-state index contributed by atoms with van der Waals surface area (Å²) in [4.78, 5) is 0. The Morgan fingerprint density at radius 3 is 2.56 bits per heavy atom. The molecule has 3 fully saturated rings. The molecule has 3 unspecified atom stereocenters. The van der Waals surface area contributed by atoms with E-state index in [2.05, 4.69) is 55.6 Å². The van der Waals surface area contributed by atoms with Crippen molar-refractivity contribution >= 4 is 22.6 Å². The summed E-state index contributed by atoms with van der Waals surface area (Å²) in [5, 5.41) is 25.8. The number of hydrogen-bond donors (Lipinski definition) is 3. The van der Waals surface area contributed by atoms with Gasteiger partial charge in [-0.05, 0) is 51.9 Å². The van der Waals surface area contributed by atoms with Crippen molar-refractivity contribution in [3.8, 4) is 0 Å². The summed E-state index contributed by atoms with van der Waals surface area (Å²) in [6.07, 6.45) is 1.96. The summed E-state index contributed by atoms with van der Waals surface area (Å²) in [6, 6.07) is 0. The van der Waals surface area contributed by atoms with Gasteiger partial charge in [0, 0.05) is 24.8 Å². The molecule has 7 heteroatoms. The molecule has 0 spiro atoms. The molecule has 0 bridgehead atoms. The Hall–Kier alpha value is 0.490. The van der Waals surface area contributed by atoms with Gasteiger partial charge in [-0.1, -0.05) is 36.4 Å². The third-order valence-electron chi connectivity index (χ3n) is 6.72. The summed E-state index contributed by atoms with van der Waals surface area (Å²) < 4.78 is 18.1. The zero-order valence-corrected chi connectivity index (χ0v) is 19.4. The summed E-state index contributed by atoms with van der Waals surface area (Å²) >= 11 is 2.35. The van der Waals surface area contributed by atoms with Crippen molar-refractivity contribution in [3.63, 3.8) is 0 Å². The molecule has 0 aromatic carbocycles. The van der Waals surface area contributed by atoms with Crippen LogP contribution in [0.15, 0.2) is 0 Å². The molecule has 6 nitrogen and oxygen atoms in total. The largest absolute Gasteiger partial charge is 0.384 e. The Kier molecular flexibility index (Phi) is 6.54. The maximum Gasteiger partial charge on any atom is 0.193 e. The standard InChI is InChI=1S/C20H36INO5/c1-12-6-7-15-13(2)16(25-11-10-22-18(3,4)21)26-17-20(15,24)14(12)8-9-19(5,23)27-17/h12-17,22-24H,6-11H2,1-5H3/t12-,13-,14?,15?,16?,17-,19+,20-/m1/s1. The van der Waals surface area contributed by atoms with E-state index in [0.717, 1.165) is 25.8 Å². The molecule has 3 aliphatic rings. The van der Waals surface area contributed by atoms with Crippen LogP contribution in [0.5, 0.6) is 0 Å². The van der Waals surface area contributed by atoms with E-state index < -0.39 is 24.0 Å². The lowest BCUT2D eigenvalue weighted by molar-refractivity contribution is -0.408. The van der Waals surface area contributed by atoms with Gasteiger partial charge < -0.3 is 29.7 Å². The molecule has 158 valence electrons. The zero-order chi connectivity index (χ0) is 20.0. The van der Waals surface area contributed by atoms with Gasteiger partial charge in [0.05, 0.1) is 10.2 Å². The van der Waals surface area contributed by atoms with E-state index >= 15 is 0 Å². The first-order valence-electron chi connectivity index (χ1n) is 10.3. The predicted molar refractivity (Wildman–Crippen MR) is 111 cm³/mol. The molecule has 8 atom stereocenters. The van der Waals surface area contributed by atoms with Gasteiger partial charge in [0.25, 0.3) is 0 Å². The van der Waals surface area contributed by atoms with E-state index in [0.29, 0.717) is 18.9 Å². The van der Waals surface area contributed by atoms with Crippen molar-refractivity contribution in [2.45, 2.75) is 87.8 Å². The monoisotopic (exact) mass is 497 g/mol. The smallest absolute Gasteiger partial charge is 0.193 e. The molecule has 0 aromatic rings. The first-order valence-corrected chi connectivity index (χ1v) is 11.4. The number of nitrogens with one attached hydrogen (secondary N) is 1. The van der Waals surface area contributed by atoms with Gasteiger partial charge in [-0.25, -0.2) is 0 Å². The van der Waals surface area contributed by atoms with Gasteiger partial charge in [0.2, 0.25) is 0 Å². The van der Waals surface area contributed by atoms with Crippen LogP contribution in [0.2, 0.25) is 0 Å². The van der Waals surface area contributed by atoms with E-state index in [1.807, 2.05) is 0 Å². The van der Waals surface area contributed by atoms with Crippen molar-refractivity contribution in [2.75, 3.05) is 13.2 Å². The average molecular weight is 497 g/mol. The maximum atomic E-state index is 11.8. The highest BCUT2D eigenvalue weighted by Gasteiger charge is 2.63. The van der Waals surface area contributed by atoms with E-state index in [9.17, 15) is 10.2 Å². The Balaban J connectivity index is 1.75. The molecular formula is C20H36INO5. The fraction of sp³-hybridized carbons (Fsp3) is 1.00. The summed E-state index contributed by atoms with van der Waals surface area (Å²) in [6.45, 7) is 11.4. The third kappa shape index (κ3) is 4.64. The Morgan fingerprint density at radius 2 is 1.89 bits per heavy atom. The topological polar surface area (TPSA) is 80.2 Å². The third-order valence-corrected chi connectivity index (χ3v) is 7.10. The van der Waals surface area contributed by atoms with Crippen molar-refractivity contribution in [3.05, 3.63) is 0 Å². The fourth-order valence-corrected chi connectivity index (χ4v) is 5.52. The molecule has 2 aliphatic heterocycles. The maximum absolute atomic E-state index is 11.8. The lowest BCUT2D eigenvalue weighted by atomic mass is 9.58. The SMILES string of the molecule is C[C@H]1C(OCCNC(C)(C)I)O[C@@H]2O[C@](C)(O)CCC3[C@H](C)CCC1[C@]32O. The molecule has 0 aromatic heterocycles. The van der Waals surface area contributed by atoms with E-state index in [1.165, 1.54) is 0 Å². The number of aliphatic hydroxyl groups is 2. The van der Waals surface area contributed by atoms with E-state index in [1.54, 1.807) is 6.92 Å². The van der Waals surface area contributed by atoms with E-state index in [4.69, 9.17) is 14.2 Å². The highest BCUT2D eigenvalue weighted by molar-refractivity contribution is 14.1. The van der Waals surface area contributed by atoms with Crippen LogP contribution >= 0.6 is 22.6 Å². The Bertz CT molecular complexity index is 525. The number of hydrogen-bond acceptors (Lipinski definition) is 6. The highest BCUT2D eigenvalue weighted by atomic mass is 127. The van der Waals surface area contributed by atoms with Gasteiger partial charge >= 0.3 is 0 Å². The summed E-state index contributed by atoms with van der Waals surface area (Å²) in [5.74, 6) is -0.722. The summed E-state index contributed by atoms with van der Waals surface area (Å²) in [7, 11) is 0. The molecule has 0 radical (unpaired) electrons. The molecule has 3 rings (SSSR count). The molecule has 2 heterocycles. The van der Waals surface area contributed by atoms with Gasteiger partial charge in [-0.3, -0.25) is 0 Å². The predicted octanol–water partition coefficient (Wildman–Crippen LogP) is 2.99. The van der Waals surface area contributed by atoms with Gasteiger partial charge in [-0.2, -0.15) is 0 Å². The lowest BCUT2D eigenvalue weighted by Crippen LogP contribution is -2.67. The first kappa shape index (κ1) is 22.2. The van der Waals surface area contributed by atoms with Crippen LogP contribution < -0.4 is 5.32 Å². The molecule has 2 saturated heterocycles. The van der Waals surface area contributed by atoms with Crippen molar-refractivity contribution in [1.29, 1.82) is 0 Å². The van der Waals surface area contributed by atoms with Crippen LogP contribution in [0.3, 0.4) is 0 Å². The minimum atomic E-state index is -1.29.